The minimum atomic E-state index is -0.522. The van der Waals surface area contributed by atoms with Crippen LogP contribution in [-0.4, -0.2) is 60.3 Å². The molecule has 0 saturated carbocycles. The molecular weight excluding hydrogens is 261 g/mol. The van der Waals surface area contributed by atoms with E-state index in [9.17, 15) is 14.3 Å². The van der Waals surface area contributed by atoms with Gasteiger partial charge in [-0.05, 0) is 32.6 Å². The monoisotopic (exact) mass is 281 g/mol. The van der Waals surface area contributed by atoms with Crippen LogP contribution in [0.5, 0.6) is 0 Å². The van der Waals surface area contributed by atoms with E-state index in [1.807, 2.05) is 19.0 Å². The van der Waals surface area contributed by atoms with Crippen molar-refractivity contribution in [2.24, 2.45) is 0 Å². The van der Waals surface area contributed by atoms with E-state index in [0.29, 0.717) is 13.0 Å². The predicted molar refractivity (Wildman–Crippen MR) is 75.1 cm³/mol. The number of halogens is 1. The smallest absolute Gasteiger partial charge is 0.322 e. The summed E-state index contributed by atoms with van der Waals surface area (Å²) in [5.41, 5.74) is 0.155. The second-order valence-corrected chi connectivity index (χ2v) is 5.37. The fraction of sp³-hybridized carbons (Fsp3) is 0.500. The van der Waals surface area contributed by atoms with E-state index in [1.54, 1.807) is 17.0 Å². The quantitative estimate of drug-likeness (QED) is 0.879. The van der Waals surface area contributed by atoms with Crippen LogP contribution in [-0.2, 0) is 0 Å². The number of β-amino-alcohol motifs (C(OH)–C–C–N with tert-alkyl or cyclic N) is 1. The highest BCUT2D eigenvalue weighted by atomic mass is 19.1. The normalized spacial score (nSPS) is 22.4. The summed E-state index contributed by atoms with van der Waals surface area (Å²) >= 11 is 0. The lowest BCUT2D eigenvalue weighted by Crippen LogP contribution is -2.43. The summed E-state index contributed by atoms with van der Waals surface area (Å²) in [4.78, 5) is 15.8. The highest BCUT2D eigenvalue weighted by Crippen LogP contribution is 2.21. The van der Waals surface area contributed by atoms with Crippen molar-refractivity contribution >= 4 is 11.7 Å². The number of carbonyl (C=O) groups is 1. The van der Waals surface area contributed by atoms with E-state index in [0.717, 1.165) is 0 Å². The van der Waals surface area contributed by atoms with Crippen LogP contribution < -0.4 is 5.32 Å². The topological polar surface area (TPSA) is 55.8 Å². The number of benzene rings is 1. The lowest BCUT2D eigenvalue weighted by Gasteiger charge is -2.27. The largest absolute Gasteiger partial charge is 0.391 e. The van der Waals surface area contributed by atoms with Crippen LogP contribution >= 0.6 is 0 Å². The Kier molecular flexibility index (Phi) is 4.57. The summed E-state index contributed by atoms with van der Waals surface area (Å²) in [6.07, 6.45) is 0.0226. The summed E-state index contributed by atoms with van der Waals surface area (Å²) in [6, 6.07) is 5.60. The lowest BCUT2D eigenvalue weighted by atomic mass is 10.2. The molecule has 2 rings (SSSR count). The number of aliphatic hydroxyl groups excluding tert-OH is 1. The molecule has 0 radical (unpaired) electrons. The number of nitrogens with zero attached hydrogens (tertiary/aromatic N) is 2. The average Bonchev–Trinajstić information content (AvgIpc) is 2.72. The van der Waals surface area contributed by atoms with Crippen molar-refractivity contribution in [2.75, 3.05) is 32.5 Å². The van der Waals surface area contributed by atoms with E-state index in [-0.39, 0.29) is 24.3 Å². The Morgan fingerprint density at radius 3 is 2.85 bits per heavy atom. The molecule has 5 nitrogen and oxygen atoms in total. The predicted octanol–water partition coefficient (Wildman–Crippen LogP) is 1.35. The molecule has 1 aliphatic rings. The summed E-state index contributed by atoms with van der Waals surface area (Å²) < 4.78 is 13.5. The van der Waals surface area contributed by atoms with Gasteiger partial charge in [-0.1, -0.05) is 12.1 Å². The first-order chi connectivity index (χ1) is 9.47. The molecule has 0 bridgehead atoms. The van der Waals surface area contributed by atoms with Crippen LogP contribution in [0.25, 0.3) is 0 Å². The van der Waals surface area contributed by atoms with Gasteiger partial charge in [0.15, 0.2) is 0 Å². The van der Waals surface area contributed by atoms with Gasteiger partial charge in [0.25, 0.3) is 0 Å². The van der Waals surface area contributed by atoms with Crippen LogP contribution in [0.2, 0.25) is 0 Å². The third kappa shape index (κ3) is 3.46. The van der Waals surface area contributed by atoms with E-state index in [4.69, 9.17) is 0 Å². The zero-order valence-corrected chi connectivity index (χ0v) is 11.7. The van der Waals surface area contributed by atoms with Gasteiger partial charge in [-0.15, -0.1) is 0 Å². The Balaban J connectivity index is 2.05. The molecule has 2 unspecified atom stereocenters. The fourth-order valence-electron chi connectivity index (χ4n) is 2.48. The number of hydrogen-bond donors (Lipinski definition) is 2. The van der Waals surface area contributed by atoms with Crippen LogP contribution in [0.1, 0.15) is 6.42 Å². The van der Waals surface area contributed by atoms with E-state index >= 15 is 0 Å². The molecule has 1 fully saturated rings. The summed E-state index contributed by atoms with van der Waals surface area (Å²) in [5.74, 6) is -0.468. The number of likely N-dealkylation sites (N-methyl/N-ethyl adjacent to an activating group) is 1. The molecule has 0 aromatic heterocycles. The summed E-state index contributed by atoms with van der Waals surface area (Å²) in [7, 11) is 3.83. The number of urea groups is 1. The Bertz CT molecular complexity index is 481. The third-order valence-corrected chi connectivity index (χ3v) is 3.34. The molecule has 2 amide bonds. The molecule has 20 heavy (non-hydrogen) atoms. The van der Waals surface area contributed by atoms with Crippen LogP contribution in [0.4, 0.5) is 14.9 Å². The molecule has 1 aliphatic heterocycles. The van der Waals surface area contributed by atoms with E-state index in [2.05, 4.69) is 5.32 Å². The molecule has 1 saturated heterocycles. The van der Waals surface area contributed by atoms with Gasteiger partial charge in [-0.25, -0.2) is 9.18 Å². The van der Waals surface area contributed by atoms with Crippen molar-refractivity contribution in [3.05, 3.63) is 30.1 Å². The number of aliphatic hydroxyl groups is 1. The molecule has 0 spiro atoms. The number of amides is 2. The Hall–Kier alpha value is -1.66. The molecule has 2 N–H and O–H groups in total. The van der Waals surface area contributed by atoms with Gasteiger partial charge < -0.3 is 20.2 Å². The molecule has 1 aromatic carbocycles. The maximum Gasteiger partial charge on any atom is 0.322 e. The third-order valence-electron chi connectivity index (χ3n) is 3.34. The number of nitrogens with one attached hydrogen (secondary N) is 1. The minimum absolute atomic E-state index is 0.0632. The molecule has 6 heteroatoms. The zero-order chi connectivity index (χ0) is 14.7. The van der Waals surface area contributed by atoms with Gasteiger partial charge in [0.05, 0.1) is 11.8 Å². The van der Waals surface area contributed by atoms with Gasteiger partial charge in [-0.2, -0.15) is 0 Å². The molecule has 1 heterocycles. The minimum Gasteiger partial charge on any atom is -0.391 e. The van der Waals surface area contributed by atoms with Crippen molar-refractivity contribution < 1.29 is 14.3 Å². The maximum absolute atomic E-state index is 13.5. The zero-order valence-electron chi connectivity index (χ0n) is 11.7. The van der Waals surface area contributed by atoms with Gasteiger partial charge in [0, 0.05) is 19.1 Å². The van der Waals surface area contributed by atoms with Gasteiger partial charge in [0.1, 0.15) is 5.82 Å². The lowest BCUT2D eigenvalue weighted by molar-refractivity contribution is 0.174. The van der Waals surface area contributed by atoms with Crippen LogP contribution in [0.3, 0.4) is 0 Å². The molecule has 1 aromatic rings. The van der Waals surface area contributed by atoms with Crippen LogP contribution in [0.15, 0.2) is 24.3 Å². The van der Waals surface area contributed by atoms with E-state index in [1.165, 1.54) is 12.1 Å². The standard InChI is InChI=1S/C14H20FN3O2/c1-17(2)8-10-7-11(19)9-18(10)14(20)16-13-6-4-3-5-12(13)15/h3-6,10-11,19H,7-9H2,1-2H3,(H,16,20). The summed E-state index contributed by atoms with van der Waals surface area (Å²) in [5, 5.41) is 12.3. The Morgan fingerprint density at radius 2 is 2.20 bits per heavy atom. The van der Waals surface area contributed by atoms with Crippen molar-refractivity contribution in [3.8, 4) is 0 Å². The number of hydrogen-bond acceptors (Lipinski definition) is 3. The fourth-order valence-corrected chi connectivity index (χ4v) is 2.48. The number of para-hydroxylation sites is 1. The number of carbonyl (C=O) groups excluding carboxylic acids is 1. The first kappa shape index (κ1) is 14.7. The van der Waals surface area contributed by atoms with Crippen LogP contribution in [0, 0.1) is 5.82 Å². The highest BCUT2D eigenvalue weighted by molar-refractivity contribution is 5.89. The molecule has 0 aliphatic carbocycles. The molecule has 2 atom stereocenters. The number of rotatable bonds is 3. The second kappa shape index (κ2) is 6.19. The first-order valence-electron chi connectivity index (χ1n) is 6.62. The first-order valence-corrected chi connectivity index (χ1v) is 6.62. The average molecular weight is 281 g/mol. The van der Waals surface area contributed by atoms with Gasteiger partial charge >= 0.3 is 6.03 Å². The van der Waals surface area contributed by atoms with Crippen molar-refractivity contribution in [2.45, 2.75) is 18.6 Å². The van der Waals surface area contributed by atoms with Crippen molar-refractivity contribution in [3.63, 3.8) is 0 Å². The van der Waals surface area contributed by atoms with Crippen molar-refractivity contribution in [1.29, 1.82) is 0 Å². The Labute approximate surface area is 118 Å². The maximum atomic E-state index is 13.5. The number of likely N-dealkylation sites (tertiary alicyclic amines) is 1. The van der Waals surface area contributed by atoms with Gasteiger partial charge in [-0.3, -0.25) is 0 Å². The second-order valence-electron chi connectivity index (χ2n) is 5.37. The highest BCUT2D eigenvalue weighted by Gasteiger charge is 2.34. The SMILES string of the molecule is CN(C)CC1CC(O)CN1C(=O)Nc1ccccc1F. The van der Waals surface area contributed by atoms with E-state index < -0.39 is 11.9 Å². The van der Waals surface area contributed by atoms with Crippen molar-refractivity contribution in [1.82, 2.24) is 9.80 Å². The summed E-state index contributed by atoms with van der Waals surface area (Å²) in [6.45, 7) is 0.945. The molecule has 110 valence electrons. The van der Waals surface area contributed by atoms with Gasteiger partial charge in [0.2, 0.25) is 0 Å². The Morgan fingerprint density at radius 1 is 1.50 bits per heavy atom. The molecular formula is C14H20FN3O2. The number of anilines is 1.